The molecule has 0 saturated carbocycles. The molecule has 0 bridgehead atoms. The summed E-state index contributed by atoms with van der Waals surface area (Å²) in [5.74, 6) is 1.41. The zero-order valence-electron chi connectivity index (χ0n) is 27.4. The lowest BCUT2D eigenvalue weighted by molar-refractivity contribution is -0.130. The third-order valence-corrected chi connectivity index (χ3v) is 8.85. The van der Waals surface area contributed by atoms with Crippen LogP contribution < -0.4 is 25.4 Å². The molecule has 1 aliphatic heterocycles. The third-order valence-electron chi connectivity index (χ3n) is 8.13. The molecule has 3 heterocycles. The molecule has 0 radical (unpaired) electrons. The second kappa shape index (κ2) is 17.0. The normalized spacial score (nSPS) is 20.0. The first-order valence-corrected chi connectivity index (χ1v) is 16.6. The Morgan fingerprint density at radius 1 is 1.04 bits per heavy atom. The van der Waals surface area contributed by atoms with E-state index < -0.39 is 12.1 Å². The van der Waals surface area contributed by atoms with Crippen molar-refractivity contribution in [1.29, 1.82) is 0 Å². The lowest BCUT2D eigenvalue weighted by Crippen LogP contribution is -2.51. The minimum absolute atomic E-state index is 0.0510. The molecule has 13 nitrogen and oxygen atoms in total. The third kappa shape index (κ3) is 9.73. The Kier molecular flexibility index (Phi) is 12.9. The summed E-state index contributed by atoms with van der Waals surface area (Å²) in [6, 6.07) is 6.30. The van der Waals surface area contributed by atoms with Gasteiger partial charge in [-0.05, 0) is 67.5 Å². The highest BCUT2D eigenvalue weighted by molar-refractivity contribution is 7.05. The van der Waals surface area contributed by atoms with Crippen molar-refractivity contribution in [2.75, 3.05) is 33.9 Å². The fraction of sp³-hybridized carbons (Fsp3) is 0.562. The van der Waals surface area contributed by atoms with Crippen LogP contribution in [0.5, 0.6) is 11.5 Å². The molecule has 3 N–H and O–H groups in total. The Labute approximate surface area is 274 Å². The molecule has 46 heavy (non-hydrogen) atoms. The predicted molar refractivity (Wildman–Crippen MR) is 175 cm³/mol. The topological polar surface area (TPSA) is 153 Å². The largest absolute Gasteiger partial charge is 0.493 e. The molecule has 0 unspecified atom stereocenters. The number of rotatable bonds is 8. The van der Waals surface area contributed by atoms with Gasteiger partial charge in [0.15, 0.2) is 17.3 Å². The highest BCUT2D eigenvalue weighted by Crippen LogP contribution is 2.28. The van der Waals surface area contributed by atoms with Gasteiger partial charge in [0.2, 0.25) is 17.7 Å². The van der Waals surface area contributed by atoms with Gasteiger partial charge in [0, 0.05) is 43.5 Å². The number of ether oxygens (including phenoxy) is 2. The standard InChI is InChI=1S/C32H46N8O5S/c1-6-21(2)30-32(43)35-22(3)31-36-27(18-23-10-11-25(44-4)26(17-23)45-5)38-40(31)20-29(42)33-13-8-16-39(15-7-9-28(41)37-30)19-24-12-14-34-46-24/h10-12,14,17,21-22,30H,6-9,13,15-16,18-20H2,1-5H3,(H,33,42)(H,35,43)(H,37,41)/t21-,22+,30-/m0/s1. The molecule has 0 spiro atoms. The minimum atomic E-state index is -0.710. The first-order chi connectivity index (χ1) is 22.2. The molecule has 1 aromatic carbocycles. The maximum absolute atomic E-state index is 13.6. The van der Waals surface area contributed by atoms with Crippen LogP contribution in [-0.4, -0.2) is 81.7 Å². The zero-order valence-corrected chi connectivity index (χ0v) is 28.2. The van der Waals surface area contributed by atoms with Crippen molar-refractivity contribution in [3.63, 3.8) is 0 Å². The van der Waals surface area contributed by atoms with Crippen LogP contribution in [0.25, 0.3) is 0 Å². The number of amides is 3. The molecular weight excluding hydrogens is 608 g/mol. The molecule has 4 rings (SSSR count). The van der Waals surface area contributed by atoms with E-state index in [9.17, 15) is 14.4 Å². The summed E-state index contributed by atoms with van der Waals surface area (Å²) in [7, 11) is 3.16. The number of carbonyl (C=O) groups is 3. The molecule has 3 amide bonds. The van der Waals surface area contributed by atoms with E-state index in [0.717, 1.165) is 30.0 Å². The lowest BCUT2D eigenvalue weighted by Gasteiger charge is -2.26. The Balaban J connectivity index is 1.58. The van der Waals surface area contributed by atoms with Crippen LogP contribution in [0.2, 0.25) is 0 Å². The van der Waals surface area contributed by atoms with Gasteiger partial charge in [-0.15, -0.1) is 0 Å². The maximum Gasteiger partial charge on any atom is 0.243 e. The van der Waals surface area contributed by atoms with E-state index in [1.54, 1.807) is 25.1 Å². The van der Waals surface area contributed by atoms with Crippen molar-refractivity contribution < 1.29 is 23.9 Å². The van der Waals surface area contributed by atoms with Gasteiger partial charge in [-0.25, -0.2) is 14.0 Å². The Morgan fingerprint density at radius 2 is 1.83 bits per heavy atom. The highest BCUT2D eigenvalue weighted by Gasteiger charge is 2.29. The number of nitrogens with one attached hydrogen (secondary N) is 3. The number of benzene rings is 1. The molecule has 3 atom stereocenters. The van der Waals surface area contributed by atoms with Crippen molar-refractivity contribution >= 4 is 29.3 Å². The van der Waals surface area contributed by atoms with Gasteiger partial charge in [0.1, 0.15) is 18.4 Å². The van der Waals surface area contributed by atoms with Crippen molar-refractivity contribution in [3.05, 3.63) is 52.6 Å². The molecule has 14 heteroatoms. The minimum Gasteiger partial charge on any atom is -0.493 e. The summed E-state index contributed by atoms with van der Waals surface area (Å²) in [5, 5.41) is 13.7. The number of fused-ring (bicyclic) bond motifs is 1. The van der Waals surface area contributed by atoms with Crippen molar-refractivity contribution in [1.82, 2.24) is 40.0 Å². The molecular formula is C32H46N8O5S. The van der Waals surface area contributed by atoms with Gasteiger partial charge < -0.3 is 25.4 Å². The van der Waals surface area contributed by atoms with Crippen molar-refractivity contribution in [2.45, 2.75) is 78.0 Å². The zero-order chi connectivity index (χ0) is 33.1. The monoisotopic (exact) mass is 654 g/mol. The molecule has 0 saturated heterocycles. The quantitative estimate of drug-likeness (QED) is 0.333. The van der Waals surface area contributed by atoms with E-state index in [-0.39, 0.29) is 30.2 Å². The number of nitrogens with zero attached hydrogens (tertiary/aromatic N) is 5. The molecule has 0 fully saturated rings. The Hall–Kier alpha value is -4.04. The Morgan fingerprint density at radius 3 is 2.54 bits per heavy atom. The van der Waals surface area contributed by atoms with Gasteiger partial charge >= 0.3 is 0 Å². The summed E-state index contributed by atoms with van der Waals surface area (Å²) in [5.41, 5.74) is 0.899. The average Bonchev–Trinajstić information content (AvgIpc) is 3.70. The van der Waals surface area contributed by atoms with Gasteiger partial charge in [-0.2, -0.15) is 5.10 Å². The Bertz CT molecular complexity index is 1450. The highest BCUT2D eigenvalue weighted by atomic mass is 32.1. The molecule has 250 valence electrons. The molecule has 3 aromatic rings. The SMILES string of the molecule is CC[C@H](C)[C@@H]1NC(=O)CCCN(Cc2ccns2)CCCNC(=O)Cn2nc(Cc3ccc(OC)c(OC)c3)nc2[C@@H](C)NC1=O. The van der Waals surface area contributed by atoms with E-state index in [1.807, 2.05) is 45.0 Å². The predicted octanol–water partition coefficient (Wildman–Crippen LogP) is 2.85. The van der Waals surface area contributed by atoms with Crippen LogP contribution in [0.1, 0.15) is 74.6 Å². The van der Waals surface area contributed by atoms with Gasteiger partial charge in [-0.1, -0.05) is 26.3 Å². The first kappa shape index (κ1) is 34.8. The number of carbonyl (C=O) groups excluding carboxylic acids is 3. The summed E-state index contributed by atoms with van der Waals surface area (Å²) in [6.07, 6.45) is 4.57. The number of hydrogen-bond donors (Lipinski definition) is 3. The summed E-state index contributed by atoms with van der Waals surface area (Å²) in [4.78, 5) is 47.9. The molecule has 0 aliphatic carbocycles. The average molecular weight is 655 g/mol. The van der Waals surface area contributed by atoms with Crippen LogP contribution >= 0.6 is 11.5 Å². The van der Waals surface area contributed by atoms with Gasteiger partial charge in [0.25, 0.3) is 0 Å². The van der Waals surface area contributed by atoms with Crippen molar-refractivity contribution in [3.8, 4) is 11.5 Å². The van der Waals surface area contributed by atoms with Crippen LogP contribution in [-0.2, 0) is 33.9 Å². The van der Waals surface area contributed by atoms with Crippen LogP contribution in [0, 0.1) is 5.92 Å². The van der Waals surface area contributed by atoms with Gasteiger partial charge in [-0.3, -0.25) is 19.3 Å². The lowest BCUT2D eigenvalue weighted by atomic mass is 9.97. The number of methoxy groups -OCH3 is 2. The molecule has 2 aromatic heterocycles. The maximum atomic E-state index is 13.6. The fourth-order valence-corrected chi connectivity index (χ4v) is 6.02. The van der Waals surface area contributed by atoms with E-state index in [2.05, 4.69) is 30.3 Å². The van der Waals surface area contributed by atoms with E-state index in [0.29, 0.717) is 61.9 Å². The first-order valence-electron chi connectivity index (χ1n) is 15.8. The molecule has 1 aliphatic rings. The van der Waals surface area contributed by atoms with E-state index in [1.165, 1.54) is 11.5 Å². The van der Waals surface area contributed by atoms with E-state index in [4.69, 9.17) is 14.5 Å². The number of aromatic nitrogens is 4. The smallest absolute Gasteiger partial charge is 0.243 e. The van der Waals surface area contributed by atoms with Crippen LogP contribution in [0.15, 0.2) is 30.5 Å². The second-order valence-electron chi connectivity index (χ2n) is 11.6. The van der Waals surface area contributed by atoms with Crippen LogP contribution in [0.4, 0.5) is 0 Å². The summed E-state index contributed by atoms with van der Waals surface area (Å²) < 4.78 is 16.6. The van der Waals surface area contributed by atoms with Crippen molar-refractivity contribution in [2.24, 2.45) is 5.92 Å². The second-order valence-corrected chi connectivity index (χ2v) is 12.6. The number of hydrogen-bond acceptors (Lipinski definition) is 10. The summed E-state index contributed by atoms with van der Waals surface area (Å²) >= 11 is 1.45. The van der Waals surface area contributed by atoms with Gasteiger partial charge in [0.05, 0.1) is 20.3 Å². The van der Waals surface area contributed by atoms with E-state index >= 15 is 0 Å². The fourth-order valence-electron chi connectivity index (χ4n) is 5.40. The van der Waals surface area contributed by atoms with Crippen LogP contribution in [0.3, 0.4) is 0 Å². The summed E-state index contributed by atoms with van der Waals surface area (Å²) in [6.45, 7) is 8.37.